The molecule has 3 aromatic heterocycles. The number of nitrogens with one attached hydrogen (secondary N) is 6. The van der Waals surface area contributed by atoms with Crippen LogP contribution in [0.2, 0.25) is 0 Å². The SMILES string of the molecule is CC(C)(C)c1ccc(-c2nnn[n-]2)cc1.CC(C)(C)c1ccc(-c2nnn[n-]2)cc1.CC(C)(C)c1ccc(-c2nnn[n-]2)cc1.c1c(C2=[NH+]CCN2)cc(C2=[NH+]CCN2)cc1C1=[NH+]CCN1. The third-order valence-corrected chi connectivity index (χ3v) is 11.0. The summed E-state index contributed by atoms with van der Waals surface area (Å²) >= 11 is 0. The molecule has 18 heteroatoms. The molecule has 0 fully saturated rings. The largest absolute Gasteiger partial charge is 0.330 e. The molecule has 7 aromatic rings. The summed E-state index contributed by atoms with van der Waals surface area (Å²) in [5, 5.41) is 53.8. The fraction of sp³-hybridized carbons (Fsp3) is 0.375. The molecule has 6 heterocycles. The monoisotopic (exact) mass is 889 g/mol. The van der Waals surface area contributed by atoms with Crippen LogP contribution in [0.1, 0.15) is 95.7 Å². The summed E-state index contributed by atoms with van der Waals surface area (Å²) in [5.74, 6) is 5.10. The molecule has 4 aromatic carbocycles. The Kier molecular flexibility index (Phi) is 14.5. The second-order valence-electron chi connectivity index (χ2n) is 19.1. The summed E-state index contributed by atoms with van der Waals surface area (Å²) in [6, 6.07) is 31.2. The van der Waals surface area contributed by atoms with E-state index in [1.807, 2.05) is 36.4 Å². The molecule has 0 bridgehead atoms. The second-order valence-corrected chi connectivity index (χ2v) is 19.1. The van der Waals surface area contributed by atoms with Gasteiger partial charge < -0.3 is 15.3 Å². The van der Waals surface area contributed by atoms with Gasteiger partial charge in [0, 0.05) is 17.5 Å². The van der Waals surface area contributed by atoms with Crippen molar-refractivity contribution < 1.29 is 15.0 Å². The molecule has 0 saturated carbocycles. The molecule has 342 valence electrons. The predicted molar refractivity (Wildman–Crippen MR) is 252 cm³/mol. The smallest absolute Gasteiger partial charge is 0.275 e. The lowest BCUT2D eigenvalue weighted by Crippen LogP contribution is -2.71. The van der Waals surface area contributed by atoms with Crippen molar-refractivity contribution in [3.63, 3.8) is 0 Å². The first-order chi connectivity index (χ1) is 31.6. The Balaban J connectivity index is 0.000000133. The molecule has 0 spiro atoms. The number of aromatic nitrogens is 12. The van der Waals surface area contributed by atoms with Gasteiger partial charge in [-0.05, 0) is 67.8 Å². The first-order valence-corrected chi connectivity index (χ1v) is 22.2. The molecule has 0 unspecified atom stereocenters. The fourth-order valence-corrected chi connectivity index (χ4v) is 7.12. The van der Waals surface area contributed by atoms with Crippen LogP contribution in [-0.4, -0.2) is 103 Å². The van der Waals surface area contributed by atoms with Gasteiger partial charge in [0.05, 0.1) is 16.7 Å². The molecule has 10 rings (SSSR count). The predicted octanol–water partition coefficient (Wildman–Crippen LogP) is -0.642. The normalized spacial score (nSPS) is 14.4. The zero-order valence-corrected chi connectivity index (χ0v) is 39.3. The average molecular weight is 889 g/mol. The van der Waals surface area contributed by atoms with Gasteiger partial charge in [-0.2, -0.15) is 15.6 Å². The Labute approximate surface area is 385 Å². The van der Waals surface area contributed by atoms with Crippen LogP contribution in [-0.2, 0) is 16.2 Å². The number of rotatable bonds is 6. The molecule has 0 amide bonds. The van der Waals surface area contributed by atoms with Crippen LogP contribution in [0.4, 0.5) is 0 Å². The number of tetrazole rings is 3. The fourth-order valence-electron chi connectivity index (χ4n) is 7.12. The third-order valence-electron chi connectivity index (χ3n) is 11.0. The lowest BCUT2D eigenvalue weighted by molar-refractivity contribution is -0.444. The summed E-state index contributed by atoms with van der Waals surface area (Å²) in [5.41, 5.74) is 10.8. The highest BCUT2D eigenvalue weighted by Crippen LogP contribution is 2.26. The topological polar surface area (TPSA) is 236 Å². The van der Waals surface area contributed by atoms with E-state index >= 15 is 0 Å². The van der Waals surface area contributed by atoms with Crippen LogP contribution in [0.3, 0.4) is 0 Å². The van der Waals surface area contributed by atoms with Crippen molar-refractivity contribution in [3.8, 4) is 34.2 Å². The van der Waals surface area contributed by atoms with Crippen LogP contribution in [0, 0.1) is 0 Å². The number of nitrogens with zero attached hydrogens (tertiary/aromatic N) is 12. The Morgan fingerprint density at radius 1 is 0.379 bits per heavy atom. The van der Waals surface area contributed by atoms with E-state index in [1.54, 1.807) is 0 Å². The molecular weight excluding hydrogens is 829 g/mol. The summed E-state index contributed by atoms with van der Waals surface area (Å²) in [7, 11) is 0. The summed E-state index contributed by atoms with van der Waals surface area (Å²) in [4.78, 5) is 10.2. The molecule has 66 heavy (non-hydrogen) atoms. The van der Waals surface area contributed by atoms with Gasteiger partial charge in [-0.1, -0.05) is 135 Å². The zero-order chi connectivity index (χ0) is 46.7. The van der Waals surface area contributed by atoms with Crippen molar-refractivity contribution in [2.75, 3.05) is 39.3 Å². The van der Waals surface area contributed by atoms with Crippen molar-refractivity contribution in [3.05, 3.63) is 124 Å². The quantitative estimate of drug-likeness (QED) is 0.122. The number of amidine groups is 3. The number of benzene rings is 4. The van der Waals surface area contributed by atoms with E-state index in [2.05, 4.69) is 210 Å². The van der Waals surface area contributed by atoms with Gasteiger partial charge in [0.25, 0.3) is 17.5 Å². The molecule has 0 radical (unpaired) electrons. The van der Waals surface area contributed by atoms with Gasteiger partial charge in [-0.3, -0.25) is 61.9 Å². The molecule has 18 nitrogen and oxygen atoms in total. The lowest BCUT2D eigenvalue weighted by Gasteiger charge is -2.19. The summed E-state index contributed by atoms with van der Waals surface area (Å²) < 4.78 is 0. The van der Waals surface area contributed by atoms with E-state index in [-0.39, 0.29) is 16.2 Å². The number of hydrogen-bond donors (Lipinski definition) is 6. The minimum atomic E-state index is 0.169. The molecule has 6 N–H and O–H groups in total. The Morgan fingerprint density at radius 3 is 0.818 bits per heavy atom. The average Bonchev–Trinajstić information content (AvgIpc) is 4.17. The minimum Gasteiger partial charge on any atom is -0.330 e. The van der Waals surface area contributed by atoms with Crippen molar-refractivity contribution in [2.24, 2.45) is 0 Å². The third kappa shape index (κ3) is 12.4. The molecular formula is C48H60N18. The first kappa shape index (κ1) is 46.5. The summed E-state index contributed by atoms with van der Waals surface area (Å²) in [6.07, 6.45) is 0. The van der Waals surface area contributed by atoms with E-state index in [0.29, 0.717) is 17.5 Å². The van der Waals surface area contributed by atoms with Crippen LogP contribution < -0.4 is 46.2 Å². The Morgan fingerprint density at radius 2 is 0.636 bits per heavy atom. The number of hydrogen-bond acceptors (Lipinski definition) is 12. The van der Waals surface area contributed by atoms with Crippen LogP contribution in [0.5, 0.6) is 0 Å². The van der Waals surface area contributed by atoms with Crippen molar-refractivity contribution in [1.82, 2.24) is 77.8 Å². The van der Waals surface area contributed by atoms with Crippen LogP contribution >= 0.6 is 0 Å². The van der Waals surface area contributed by atoms with Gasteiger partial charge in [0.2, 0.25) is 0 Å². The molecule has 0 saturated heterocycles. The highest BCUT2D eigenvalue weighted by molar-refractivity contribution is 6.05. The van der Waals surface area contributed by atoms with E-state index in [1.165, 1.54) is 33.4 Å². The van der Waals surface area contributed by atoms with Gasteiger partial charge in [-0.15, -0.1) is 0 Å². The Hall–Kier alpha value is -7.50. The molecule has 0 aliphatic carbocycles. The second kappa shape index (κ2) is 20.6. The molecule has 3 aliphatic heterocycles. The minimum absolute atomic E-state index is 0.169. The molecule has 0 atom stereocenters. The van der Waals surface area contributed by atoms with Crippen LogP contribution in [0.15, 0.2) is 91.0 Å². The maximum atomic E-state index is 3.81. The van der Waals surface area contributed by atoms with E-state index in [4.69, 9.17) is 0 Å². The Bertz CT molecular complexity index is 2370. The van der Waals surface area contributed by atoms with Gasteiger partial charge in [0.1, 0.15) is 39.3 Å². The van der Waals surface area contributed by atoms with Gasteiger partial charge >= 0.3 is 0 Å². The van der Waals surface area contributed by atoms with Crippen molar-refractivity contribution in [1.29, 1.82) is 0 Å². The zero-order valence-electron chi connectivity index (χ0n) is 39.3. The standard InChI is InChI=1S/C15H18N6.3C11H13N4/c1-2-17-13(16-1)10-7-11(14-18-3-4-19-14)9-12(8-10)15-20-5-6-21-15;3*1-11(2,3)9-6-4-8(5-7-9)10-12-14-15-13-10/h7-9H,1-6H2,(H,16,17)(H,18,19)(H,20,21);3*4-7H,1-3H3/q;3*-1/p+3. The molecule has 3 aliphatic rings. The van der Waals surface area contributed by atoms with E-state index < -0.39 is 0 Å². The maximum Gasteiger partial charge on any atom is 0.275 e. The van der Waals surface area contributed by atoms with Crippen molar-refractivity contribution in [2.45, 2.75) is 78.6 Å². The van der Waals surface area contributed by atoms with Gasteiger partial charge in [-0.25, -0.2) is 0 Å². The first-order valence-electron chi connectivity index (χ1n) is 22.2. The highest BCUT2D eigenvalue weighted by Gasteiger charge is 2.25. The lowest BCUT2D eigenvalue weighted by atomic mass is 9.87. The van der Waals surface area contributed by atoms with Crippen molar-refractivity contribution >= 4 is 17.5 Å². The van der Waals surface area contributed by atoms with Gasteiger partial charge in [0.15, 0.2) is 0 Å². The summed E-state index contributed by atoms with van der Waals surface area (Å²) in [6.45, 7) is 25.5. The highest BCUT2D eigenvalue weighted by atomic mass is 15.5. The van der Waals surface area contributed by atoms with Crippen LogP contribution in [0.25, 0.3) is 34.2 Å². The van der Waals surface area contributed by atoms with E-state index in [0.717, 1.165) is 73.5 Å². The van der Waals surface area contributed by atoms with E-state index in [9.17, 15) is 0 Å². The maximum absolute atomic E-state index is 3.81.